The van der Waals surface area contributed by atoms with E-state index < -0.39 is 11.6 Å². The lowest BCUT2D eigenvalue weighted by Gasteiger charge is -2.22. The fourth-order valence-electron chi connectivity index (χ4n) is 3.93. The minimum atomic E-state index is -1.02. The first-order valence-electron chi connectivity index (χ1n) is 9.05. The van der Waals surface area contributed by atoms with Crippen molar-refractivity contribution in [1.82, 2.24) is 15.5 Å². The molecule has 6 heteroatoms. The Morgan fingerprint density at radius 1 is 1.15 bits per heavy atom. The number of hydrogen-bond donors (Lipinski definition) is 2. The number of urea groups is 1. The maximum absolute atomic E-state index is 13.0. The van der Waals surface area contributed by atoms with Crippen LogP contribution >= 0.6 is 0 Å². The number of carbonyl (C=O) groups is 3. The molecule has 6 nitrogen and oxygen atoms in total. The van der Waals surface area contributed by atoms with Crippen LogP contribution in [0.1, 0.15) is 28.7 Å². The van der Waals surface area contributed by atoms with E-state index in [2.05, 4.69) is 10.6 Å². The van der Waals surface area contributed by atoms with Gasteiger partial charge in [-0.15, -0.1) is 0 Å². The van der Waals surface area contributed by atoms with Crippen molar-refractivity contribution in [2.75, 3.05) is 6.54 Å². The quantitative estimate of drug-likeness (QED) is 0.816. The Kier molecular flexibility index (Phi) is 4.18. The molecule has 1 aliphatic carbocycles. The van der Waals surface area contributed by atoms with Crippen molar-refractivity contribution in [3.63, 3.8) is 0 Å². The molecule has 0 unspecified atom stereocenters. The van der Waals surface area contributed by atoms with Crippen LogP contribution in [0.15, 0.2) is 48.5 Å². The number of hydrogen-bond acceptors (Lipinski definition) is 3. The zero-order valence-electron chi connectivity index (χ0n) is 15.1. The second-order valence-electron chi connectivity index (χ2n) is 7.09. The molecule has 2 aromatic carbocycles. The number of rotatable bonds is 4. The summed E-state index contributed by atoms with van der Waals surface area (Å²) in [6.45, 7) is 2.06. The van der Waals surface area contributed by atoms with E-state index in [1.54, 1.807) is 0 Å². The summed E-state index contributed by atoms with van der Waals surface area (Å²) in [6, 6.07) is 14.9. The Morgan fingerprint density at radius 2 is 1.89 bits per heavy atom. The van der Waals surface area contributed by atoms with Crippen LogP contribution in [-0.4, -0.2) is 29.3 Å². The molecule has 2 aliphatic rings. The average Bonchev–Trinajstić information content (AvgIpc) is 3.15. The molecule has 1 atom stereocenters. The predicted octanol–water partition coefficient (Wildman–Crippen LogP) is 2.00. The minimum Gasteiger partial charge on any atom is -0.350 e. The van der Waals surface area contributed by atoms with Gasteiger partial charge >= 0.3 is 6.03 Å². The Balaban J connectivity index is 1.46. The Labute approximate surface area is 157 Å². The van der Waals surface area contributed by atoms with Gasteiger partial charge in [0.15, 0.2) is 0 Å². The van der Waals surface area contributed by atoms with Gasteiger partial charge in [-0.2, -0.15) is 0 Å². The molecule has 27 heavy (non-hydrogen) atoms. The summed E-state index contributed by atoms with van der Waals surface area (Å²) < 4.78 is 0. The van der Waals surface area contributed by atoms with Gasteiger partial charge in [-0.1, -0.05) is 48.5 Å². The Morgan fingerprint density at radius 3 is 2.70 bits per heavy atom. The summed E-state index contributed by atoms with van der Waals surface area (Å²) in [7, 11) is 0. The molecule has 1 aliphatic heterocycles. The first-order chi connectivity index (χ1) is 13.0. The van der Waals surface area contributed by atoms with Gasteiger partial charge in [0.2, 0.25) is 5.91 Å². The molecule has 1 saturated heterocycles. The van der Waals surface area contributed by atoms with Crippen molar-refractivity contribution in [2.45, 2.75) is 31.8 Å². The molecule has 0 saturated carbocycles. The maximum Gasteiger partial charge on any atom is 0.325 e. The molecule has 1 fully saturated rings. The average molecular weight is 363 g/mol. The van der Waals surface area contributed by atoms with Crippen LogP contribution in [0.3, 0.4) is 0 Å². The number of aryl methyl sites for hydroxylation is 2. The third-order valence-corrected chi connectivity index (χ3v) is 5.46. The topological polar surface area (TPSA) is 78.5 Å². The van der Waals surface area contributed by atoms with Gasteiger partial charge in [0.05, 0.1) is 0 Å². The Hall–Kier alpha value is -3.15. The zero-order valence-corrected chi connectivity index (χ0v) is 15.1. The van der Waals surface area contributed by atoms with Crippen LogP contribution in [0.2, 0.25) is 0 Å². The van der Waals surface area contributed by atoms with Crippen LogP contribution in [0.4, 0.5) is 4.79 Å². The van der Waals surface area contributed by atoms with Crippen molar-refractivity contribution in [2.24, 2.45) is 0 Å². The van der Waals surface area contributed by atoms with Crippen LogP contribution in [0.25, 0.3) is 0 Å². The molecule has 138 valence electrons. The number of benzene rings is 2. The Bertz CT molecular complexity index is 940. The highest BCUT2D eigenvalue weighted by molar-refractivity contribution is 6.09. The first kappa shape index (κ1) is 17.3. The van der Waals surface area contributed by atoms with E-state index in [9.17, 15) is 14.4 Å². The second kappa shape index (κ2) is 6.54. The lowest BCUT2D eigenvalue weighted by atomic mass is 9.92. The molecular weight excluding hydrogens is 342 g/mol. The number of amides is 4. The lowest BCUT2D eigenvalue weighted by molar-refractivity contribution is -0.135. The van der Waals surface area contributed by atoms with Gasteiger partial charge in [0.1, 0.15) is 12.1 Å². The molecular formula is C21H21N3O3. The molecule has 4 amide bonds. The van der Waals surface area contributed by atoms with Gasteiger partial charge in [-0.25, -0.2) is 4.79 Å². The van der Waals surface area contributed by atoms with Gasteiger partial charge in [-0.3, -0.25) is 14.5 Å². The van der Waals surface area contributed by atoms with Gasteiger partial charge in [0, 0.05) is 6.54 Å². The summed E-state index contributed by atoms with van der Waals surface area (Å²) in [4.78, 5) is 38.8. The van der Waals surface area contributed by atoms with E-state index in [1.165, 1.54) is 0 Å². The molecule has 4 rings (SSSR count). The van der Waals surface area contributed by atoms with Crippen molar-refractivity contribution >= 4 is 17.8 Å². The van der Waals surface area contributed by atoms with Crippen molar-refractivity contribution in [3.8, 4) is 0 Å². The molecule has 2 N–H and O–H groups in total. The first-order valence-corrected chi connectivity index (χ1v) is 9.05. The summed E-state index contributed by atoms with van der Waals surface area (Å²) in [6.07, 6.45) is 1.26. The van der Waals surface area contributed by atoms with E-state index >= 15 is 0 Å². The van der Waals surface area contributed by atoms with Crippen LogP contribution in [0.5, 0.6) is 0 Å². The summed E-state index contributed by atoms with van der Waals surface area (Å²) in [5.41, 5.74) is 2.96. The largest absolute Gasteiger partial charge is 0.350 e. The van der Waals surface area contributed by atoms with Crippen LogP contribution in [-0.2, 0) is 28.1 Å². The molecule has 0 aromatic heterocycles. The van der Waals surface area contributed by atoms with E-state index in [0.29, 0.717) is 13.0 Å². The number of nitrogens with zero attached hydrogens (tertiary/aromatic N) is 1. The highest BCUT2D eigenvalue weighted by atomic mass is 16.2. The van der Waals surface area contributed by atoms with E-state index in [4.69, 9.17) is 0 Å². The van der Waals surface area contributed by atoms with Crippen molar-refractivity contribution in [1.29, 1.82) is 0 Å². The third kappa shape index (κ3) is 2.87. The predicted molar refractivity (Wildman–Crippen MR) is 99.7 cm³/mol. The van der Waals surface area contributed by atoms with Crippen molar-refractivity contribution in [3.05, 3.63) is 70.8 Å². The fourth-order valence-corrected chi connectivity index (χ4v) is 3.93. The highest BCUT2D eigenvalue weighted by Gasteiger charge is 2.55. The monoisotopic (exact) mass is 363 g/mol. The number of carbonyl (C=O) groups excluding carboxylic acids is 3. The lowest BCUT2D eigenvalue weighted by Crippen LogP contribution is -2.43. The van der Waals surface area contributed by atoms with Crippen LogP contribution < -0.4 is 10.6 Å². The van der Waals surface area contributed by atoms with E-state index in [-0.39, 0.29) is 18.4 Å². The van der Waals surface area contributed by atoms with Crippen molar-refractivity contribution < 1.29 is 14.4 Å². The number of fused-ring (bicyclic) bond motifs is 2. The second-order valence-corrected chi connectivity index (χ2v) is 7.09. The third-order valence-electron chi connectivity index (χ3n) is 5.46. The summed E-state index contributed by atoms with van der Waals surface area (Å²) in [5, 5.41) is 5.62. The van der Waals surface area contributed by atoms with Crippen LogP contribution in [0, 0.1) is 6.92 Å². The molecule has 1 spiro atoms. The molecule has 0 radical (unpaired) electrons. The summed E-state index contributed by atoms with van der Waals surface area (Å²) in [5.74, 6) is -0.700. The molecule has 2 aromatic rings. The number of imide groups is 1. The van der Waals surface area contributed by atoms with Gasteiger partial charge in [-0.05, 0) is 42.0 Å². The smallest absolute Gasteiger partial charge is 0.325 e. The van der Waals surface area contributed by atoms with E-state index in [0.717, 1.165) is 33.6 Å². The van der Waals surface area contributed by atoms with Gasteiger partial charge < -0.3 is 10.6 Å². The van der Waals surface area contributed by atoms with E-state index in [1.807, 2.05) is 55.5 Å². The maximum atomic E-state index is 13.0. The SMILES string of the molecule is Cc1ccccc1CNC(=O)CN1C(=O)N[C@@]2(CCc3ccccc32)C1=O. The standard InChI is InChI=1S/C21H21N3O3/c1-14-6-2-3-8-16(14)12-22-18(25)13-24-19(26)21(23-20(24)27)11-10-15-7-4-5-9-17(15)21/h2-9H,10-13H2,1H3,(H,22,25)(H,23,27)/t21-/m1/s1. The summed E-state index contributed by atoms with van der Waals surface area (Å²) >= 11 is 0. The molecule has 1 heterocycles. The number of nitrogens with one attached hydrogen (secondary N) is 2. The normalized spacial score (nSPS) is 20.7. The van der Waals surface area contributed by atoms with Gasteiger partial charge in [0.25, 0.3) is 5.91 Å². The fraction of sp³-hybridized carbons (Fsp3) is 0.286. The minimum absolute atomic E-state index is 0.277. The molecule has 0 bridgehead atoms. The highest BCUT2D eigenvalue weighted by Crippen LogP contribution is 2.41. The zero-order chi connectivity index (χ0) is 19.0.